The average molecular weight is 392 g/mol. The quantitative estimate of drug-likeness (QED) is 0.872. The van der Waals surface area contributed by atoms with E-state index >= 15 is 0 Å². The summed E-state index contributed by atoms with van der Waals surface area (Å²) in [6.07, 6.45) is 1.96. The lowest BCUT2D eigenvalue weighted by Gasteiger charge is -2.35. The molecule has 138 valence electrons. The van der Waals surface area contributed by atoms with E-state index in [1.807, 2.05) is 36.4 Å². The van der Waals surface area contributed by atoms with Crippen molar-refractivity contribution >= 4 is 33.0 Å². The zero-order valence-electron chi connectivity index (χ0n) is 14.5. The molecule has 2 aromatic carbocycles. The van der Waals surface area contributed by atoms with Gasteiger partial charge >= 0.3 is 0 Å². The average Bonchev–Trinajstić information content (AvgIpc) is 2.67. The molecule has 0 aromatic heterocycles. The monoisotopic (exact) mass is 391 g/mol. The number of fused-ring (bicyclic) bond motifs is 1. The molecule has 26 heavy (non-hydrogen) atoms. The number of nitrogens with one attached hydrogen (secondary N) is 1. The number of benzene rings is 2. The van der Waals surface area contributed by atoms with Crippen LogP contribution in [0.15, 0.2) is 47.4 Å². The normalized spacial score (nSPS) is 18.3. The van der Waals surface area contributed by atoms with Crippen molar-refractivity contribution in [1.82, 2.24) is 4.31 Å². The van der Waals surface area contributed by atoms with E-state index < -0.39 is 10.0 Å². The Hall–Kier alpha value is -1.76. The Labute approximate surface area is 159 Å². The second-order valence-corrected chi connectivity index (χ2v) is 9.09. The molecule has 0 saturated carbocycles. The van der Waals surface area contributed by atoms with Crippen LogP contribution < -0.4 is 10.2 Å². The van der Waals surface area contributed by atoms with Crippen LogP contribution in [0.3, 0.4) is 0 Å². The van der Waals surface area contributed by atoms with Crippen LogP contribution in [0.2, 0.25) is 5.02 Å². The van der Waals surface area contributed by atoms with Crippen LogP contribution in [0.1, 0.15) is 12.0 Å². The van der Waals surface area contributed by atoms with Crippen molar-refractivity contribution < 1.29 is 8.42 Å². The van der Waals surface area contributed by atoms with Crippen LogP contribution in [0.25, 0.3) is 0 Å². The number of anilines is 2. The SMILES string of the molecule is O=S(=O)(c1ccc2c(c1)CCCN2)N1CCN(c2cccc(Cl)c2)CC1. The van der Waals surface area contributed by atoms with Gasteiger partial charge < -0.3 is 10.2 Å². The molecule has 0 atom stereocenters. The summed E-state index contributed by atoms with van der Waals surface area (Å²) in [4.78, 5) is 2.57. The van der Waals surface area contributed by atoms with Crippen LogP contribution in [-0.4, -0.2) is 45.4 Å². The van der Waals surface area contributed by atoms with Gasteiger partial charge in [0.25, 0.3) is 0 Å². The third-order valence-electron chi connectivity index (χ3n) is 5.06. The third kappa shape index (κ3) is 3.41. The van der Waals surface area contributed by atoms with Gasteiger partial charge in [-0.05, 0) is 54.8 Å². The van der Waals surface area contributed by atoms with Gasteiger partial charge in [-0.25, -0.2) is 8.42 Å². The summed E-state index contributed by atoms with van der Waals surface area (Å²) in [5, 5.41) is 4.02. The van der Waals surface area contributed by atoms with Gasteiger partial charge in [-0.15, -0.1) is 0 Å². The van der Waals surface area contributed by atoms with Gasteiger partial charge in [-0.3, -0.25) is 0 Å². The largest absolute Gasteiger partial charge is 0.385 e. The summed E-state index contributed by atoms with van der Waals surface area (Å²) in [5.41, 5.74) is 3.19. The number of sulfonamides is 1. The van der Waals surface area contributed by atoms with Gasteiger partial charge in [0.2, 0.25) is 10.0 Å². The van der Waals surface area contributed by atoms with E-state index in [2.05, 4.69) is 10.2 Å². The Kier molecular flexibility index (Phi) is 4.82. The van der Waals surface area contributed by atoms with Gasteiger partial charge in [0.1, 0.15) is 0 Å². The number of hydrogen-bond acceptors (Lipinski definition) is 4. The molecular weight excluding hydrogens is 370 g/mol. The number of rotatable bonds is 3. The Morgan fingerprint density at radius 3 is 2.58 bits per heavy atom. The van der Waals surface area contributed by atoms with E-state index in [1.165, 1.54) is 0 Å². The minimum absolute atomic E-state index is 0.399. The first kappa shape index (κ1) is 17.6. The zero-order chi connectivity index (χ0) is 18.1. The van der Waals surface area contributed by atoms with Gasteiger partial charge in [-0.1, -0.05) is 17.7 Å². The molecule has 0 radical (unpaired) electrons. The van der Waals surface area contributed by atoms with Gasteiger partial charge in [0.05, 0.1) is 4.90 Å². The van der Waals surface area contributed by atoms with Gasteiger partial charge in [-0.2, -0.15) is 4.31 Å². The minimum Gasteiger partial charge on any atom is -0.385 e. The maximum absolute atomic E-state index is 13.0. The van der Waals surface area contributed by atoms with Gasteiger partial charge in [0.15, 0.2) is 0 Å². The predicted octanol–water partition coefficient (Wildman–Crippen LogP) is 3.21. The maximum atomic E-state index is 13.0. The van der Waals surface area contributed by atoms with Crippen LogP contribution in [-0.2, 0) is 16.4 Å². The lowest BCUT2D eigenvalue weighted by Crippen LogP contribution is -2.48. The van der Waals surface area contributed by atoms with E-state index in [1.54, 1.807) is 10.4 Å². The molecule has 0 spiro atoms. The van der Waals surface area contributed by atoms with E-state index in [4.69, 9.17) is 11.6 Å². The topological polar surface area (TPSA) is 52.7 Å². The summed E-state index contributed by atoms with van der Waals surface area (Å²) in [6, 6.07) is 13.1. The molecule has 1 fully saturated rings. The van der Waals surface area contributed by atoms with Crippen molar-refractivity contribution in [2.75, 3.05) is 42.9 Å². The second-order valence-electron chi connectivity index (χ2n) is 6.72. The summed E-state index contributed by atoms with van der Waals surface area (Å²) in [5.74, 6) is 0. The standard InChI is InChI=1S/C19H22ClN3O2S/c20-16-4-1-5-17(14-16)22-9-11-23(12-10-22)26(24,25)18-6-7-19-15(13-18)3-2-8-21-19/h1,4-7,13-14,21H,2-3,8-12H2. The molecule has 0 amide bonds. The molecular formula is C19H22ClN3O2S. The highest BCUT2D eigenvalue weighted by molar-refractivity contribution is 7.89. The Bertz CT molecular complexity index is 909. The molecule has 2 aliphatic rings. The lowest BCUT2D eigenvalue weighted by atomic mass is 10.0. The van der Waals surface area contributed by atoms with E-state index in [9.17, 15) is 8.42 Å². The fourth-order valence-corrected chi connectivity index (χ4v) is 5.28. The zero-order valence-corrected chi connectivity index (χ0v) is 16.1. The maximum Gasteiger partial charge on any atom is 0.243 e. The van der Waals surface area contributed by atoms with Crippen molar-refractivity contribution in [3.8, 4) is 0 Å². The summed E-state index contributed by atoms with van der Waals surface area (Å²) in [6.45, 7) is 3.22. The summed E-state index contributed by atoms with van der Waals surface area (Å²) >= 11 is 6.07. The molecule has 0 unspecified atom stereocenters. The first-order valence-electron chi connectivity index (χ1n) is 8.91. The second kappa shape index (κ2) is 7.10. The molecule has 2 aliphatic heterocycles. The number of halogens is 1. The molecule has 5 nitrogen and oxygen atoms in total. The van der Waals surface area contributed by atoms with Crippen molar-refractivity contribution in [2.45, 2.75) is 17.7 Å². The highest BCUT2D eigenvalue weighted by Gasteiger charge is 2.29. The molecule has 1 N–H and O–H groups in total. The Morgan fingerprint density at radius 2 is 1.81 bits per heavy atom. The fourth-order valence-electron chi connectivity index (χ4n) is 3.62. The smallest absolute Gasteiger partial charge is 0.243 e. The number of aryl methyl sites for hydroxylation is 1. The first-order valence-corrected chi connectivity index (χ1v) is 10.7. The lowest BCUT2D eigenvalue weighted by molar-refractivity contribution is 0.385. The van der Waals surface area contributed by atoms with E-state index in [-0.39, 0.29) is 0 Å². The molecule has 2 heterocycles. The molecule has 0 bridgehead atoms. The predicted molar refractivity (Wildman–Crippen MR) is 106 cm³/mol. The highest BCUT2D eigenvalue weighted by Crippen LogP contribution is 2.28. The van der Waals surface area contributed by atoms with E-state index in [0.29, 0.717) is 36.1 Å². The van der Waals surface area contributed by atoms with E-state index in [0.717, 1.165) is 36.3 Å². The van der Waals surface area contributed by atoms with Crippen LogP contribution in [0.5, 0.6) is 0 Å². The Morgan fingerprint density at radius 1 is 1.00 bits per heavy atom. The third-order valence-corrected chi connectivity index (χ3v) is 7.19. The van der Waals surface area contributed by atoms with Crippen LogP contribution in [0.4, 0.5) is 11.4 Å². The van der Waals surface area contributed by atoms with Crippen LogP contribution >= 0.6 is 11.6 Å². The number of nitrogens with zero attached hydrogens (tertiary/aromatic N) is 2. The molecule has 0 aliphatic carbocycles. The summed E-state index contributed by atoms with van der Waals surface area (Å²) in [7, 11) is -3.46. The minimum atomic E-state index is -3.46. The summed E-state index contributed by atoms with van der Waals surface area (Å²) < 4.78 is 27.7. The Balaban J connectivity index is 1.50. The first-order chi connectivity index (χ1) is 12.5. The van der Waals surface area contributed by atoms with Crippen molar-refractivity contribution in [1.29, 1.82) is 0 Å². The van der Waals surface area contributed by atoms with Crippen molar-refractivity contribution in [3.05, 3.63) is 53.1 Å². The molecule has 1 saturated heterocycles. The van der Waals surface area contributed by atoms with Crippen LogP contribution in [0, 0.1) is 0 Å². The molecule has 2 aromatic rings. The molecule has 4 rings (SSSR count). The number of hydrogen-bond donors (Lipinski definition) is 1. The number of piperazine rings is 1. The highest BCUT2D eigenvalue weighted by atomic mass is 35.5. The van der Waals surface area contributed by atoms with Crippen molar-refractivity contribution in [3.63, 3.8) is 0 Å². The van der Waals surface area contributed by atoms with Gasteiger partial charge in [0, 0.05) is 49.1 Å². The van der Waals surface area contributed by atoms with Crippen molar-refractivity contribution in [2.24, 2.45) is 0 Å². The fraction of sp³-hybridized carbons (Fsp3) is 0.368. The molecule has 7 heteroatoms.